The van der Waals surface area contributed by atoms with Gasteiger partial charge in [-0.15, -0.1) is 0 Å². The van der Waals surface area contributed by atoms with Crippen LogP contribution in [-0.4, -0.2) is 19.5 Å². The lowest BCUT2D eigenvalue weighted by molar-refractivity contribution is 0.666. The summed E-state index contributed by atoms with van der Waals surface area (Å²) in [5, 5.41) is 6.51. The van der Waals surface area contributed by atoms with Crippen LogP contribution in [0.2, 0.25) is 0 Å². The number of hydrogen-bond donors (Lipinski definition) is 0. The van der Waals surface area contributed by atoms with Gasteiger partial charge >= 0.3 is 0 Å². The molecule has 6 heteroatoms. The molecular weight excluding hydrogens is 629 g/mol. The van der Waals surface area contributed by atoms with Crippen LogP contribution in [0.3, 0.4) is 0 Å². The van der Waals surface area contributed by atoms with Crippen LogP contribution in [0, 0.1) is 0 Å². The second-order valence-electron chi connectivity index (χ2n) is 12.8. The number of fused-ring (bicyclic) bond motifs is 9. The van der Waals surface area contributed by atoms with E-state index >= 15 is 0 Å². The maximum Gasteiger partial charge on any atom is 0.164 e. The van der Waals surface area contributed by atoms with Gasteiger partial charge in [0.1, 0.15) is 16.7 Å². The fourth-order valence-electron chi connectivity index (χ4n) is 7.58. The van der Waals surface area contributed by atoms with Crippen LogP contribution in [0.25, 0.3) is 106 Å². The first-order valence-electron chi connectivity index (χ1n) is 16.9. The summed E-state index contributed by atoms with van der Waals surface area (Å²) < 4.78 is 15.3. The molecule has 0 saturated carbocycles. The molecule has 238 valence electrons. The highest BCUT2D eigenvalue weighted by Gasteiger charge is 2.20. The first-order chi connectivity index (χ1) is 25.3. The van der Waals surface area contributed by atoms with Gasteiger partial charge in [0, 0.05) is 49.0 Å². The Morgan fingerprint density at radius 2 is 1.02 bits per heavy atom. The molecule has 0 aliphatic rings. The van der Waals surface area contributed by atoms with E-state index in [4.69, 9.17) is 23.8 Å². The largest absolute Gasteiger partial charge is 0.456 e. The Hall–Kier alpha value is -7.05. The molecule has 4 aromatic heterocycles. The average Bonchev–Trinajstić information content (AvgIpc) is 3.87. The number of aromatic nitrogens is 4. The van der Waals surface area contributed by atoms with Crippen molar-refractivity contribution in [1.82, 2.24) is 19.5 Å². The zero-order valence-electron chi connectivity index (χ0n) is 27.1. The maximum atomic E-state index is 6.79. The van der Waals surface area contributed by atoms with Crippen molar-refractivity contribution >= 4 is 65.7 Å². The van der Waals surface area contributed by atoms with E-state index in [9.17, 15) is 0 Å². The molecule has 0 atom stereocenters. The highest BCUT2D eigenvalue weighted by atomic mass is 16.3. The number of benzene rings is 7. The fourth-order valence-corrected chi connectivity index (χ4v) is 7.58. The summed E-state index contributed by atoms with van der Waals surface area (Å²) in [6, 6.07) is 53.8. The average molecular weight is 655 g/mol. The molecule has 0 aliphatic heterocycles. The molecule has 0 spiro atoms. The second-order valence-corrected chi connectivity index (χ2v) is 12.8. The van der Waals surface area contributed by atoms with E-state index in [0.717, 1.165) is 77.3 Å². The Balaban J connectivity index is 1.12. The minimum absolute atomic E-state index is 0.564. The molecule has 7 aromatic carbocycles. The molecule has 0 amide bonds. The minimum atomic E-state index is 0.564. The molecule has 51 heavy (non-hydrogen) atoms. The molecule has 0 saturated heterocycles. The molecule has 11 aromatic rings. The Bertz CT molecular complexity index is 3100. The first-order valence-corrected chi connectivity index (χ1v) is 16.9. The van der Waals surface area contributed by atoms with Gasteiger partial charge in [-0.3, -0.25) is 0 Å². The second kappa shape index (κ2) is 10.7. The van der Waals surface area contributed by atoms with Crippen molar-refractivity contribution in [1.29, 1.82) is 0 Å². The highest BCUT2D eigenvalue weighted by Crippen LogP contribution is 2.40. The van der Waals surface area contributed by atoms with Gasteiger partial charge in [0.2, 0.25) is 0 Å². The van der Waals surface area contributed by atoms with Crippen LogP contribution in [-0.2, 0) is 0 Å². The summed E-state index contributed by atoms with van der Waals surface area (Å²) in [5.74, 6) is 1.74. The third-order valence-corrected chi connectivity index (χ3v) is 9.87. The number of rotatable bonds is 4. The summed E-state index contributed by atoms with van der Waals surface area (Å²) in [4.78, 5) is 15.2. The van der Waals surface area contributed by atoms with Gasteiger partial charge in [-0.1, -0.05) is 115 Å². The lowest BCUT2D eigenvalue weighted by Crippen LogP contribution is -2.00. The van der Waals surface area contributed by atoms with E-state index < -0.39 is 0 Å². The SMILES string of the molecule is c1ccc(-c2nc(-c3ccc4c(c3)oc3c(-n5c6ccccc6c6ccccc65)cccc34)nc(-c3cccc4oc5ccccc5c34)n2)cc1. The predicted molar refractivity (Wildman–Crippen MR) is 205 cm³/mol. The quantitative estimate of drug-likeness (QED) is 0.189. The molecular formula is C45H26N4O2. The summed E-state index contributed by atoms with van der Waals surface area (Å²) in [7, 11) is 0. The van der Waals surface area contributed by atoms with E-state index in [1.165, 1.54) is 10.8 Å². The maximum absolute atomic E-state index is 6.79. The Kier molecular flexibility index (Phi) is 5.86. The van der Waals surface area contributed by atoms with Crippen LogP contribution >= 0.6 is 0 Å². The molecule has 0 unspecified atom stereocenters. The topological polar surface area (TPSA) is 69.9 Å². The normalized spacial score (nSPS) is 11.9. The third kappa shape index (κ3) is 4.20. The van der Waals surface area contributed by atoms with Crippen LogP contribution < -0.4 is 0 Å². The standard InChI is InChI=1S/C45H26N4O2/c1-2-12-27(13-3-1)43-46-44(48-45(47-43)34-18-11-23-39-41(34)33-16-6-9-22-38(33)50-39)28-24-25-31-32-17-10-21-37(42(32)51-40(31)26-28)49-35-19-7-4-14-29(35)30-15-5-8-20-36(30)49/h1-26H. The summed E-state index contributed by atoms with van der Waals surface area (Å²) in [6.07, 6.45) is 0. The van der Waals surface area contributed by atoms with Crippen molar-refractivity contribution in [3.05, 3.63) is 158 Å². The molecule has 6 nitrogen and oxygen atoms in total. The van der Waals surface area contributed by atoms with Crippen molar-refractivity contribution < 1.29 is 8.83 Å². The van der Waals surface area contributed by atoms with E-state index in [1.807, 2.05) is 66.7 Å². The predicted octanol–water partition coefficient (Wildman–Crippen LogP) is 11.8. The zero-order chi connectivity index (χ0) is 33.5. The number of nitrogens with zero attached hydrogens (tertiary/aromatic N) is 4. The van der Waals surface area contributed by atoms with Crippen molar-refractivity contribution in [2.45, 2.75) is 0 Å². The van der Waals surface area contributed by atoms with E-state index in [0.29, 0.717) is 17.5 Å². The number of hydrogen-bond acceptors (Lipinski definition) is 5. The molecule has 11 rings (SSSR count). The van der Waals surface area contributed by atoms with Gasteiger partial charge in [-0.2, -0.15) is 0 Å². The molecule has 0 fully saturated rings. The van der Waals surface area contributed by atoms with Crippen LogP contribution in [0.15, 0.2) is 167 Å². The molecule has 4 heterocycles. The number of furan rings is 2. The lowest BCUT2D eigenvalue weighted by Gasteiger charge is -2.09. The van der Waals surface area contributed by atoms with E-state index in [-0.39, 0.29) is 0 Å². The Morgan fingerprint density at radius 3 is 1.82 bits per heavy atom. The van der Waals surface area contributed by atoms with Gasteiger partial charge < -0.3 is 13.4 Å². The number of para-hydroxylation sites is 4. The van der Waals surface area contributed by atoms with Gasteiger partial charge in [0.05, 0.1) is 16.7 Å². The van der Waals surface area contributed by atoms with Gasteiger partial charge in [-0.25, -0.2) is 15.0 Å². The zero-order valence-corrected chi connectivity index (χ0v) is 27.1. The summed E-state index contributed by atoms with van der Waals surface area (Å²) in [6.45, 7) is 0. The monoisotopic (exact) mass is 654 g/mol. The van der Waals surface area contributed by atoms with E-state index in [2.05, 4.69) is 95.6 Å². The Labute approximate surface area is 290 Å². The van der Waals surface area contributed by atoms with Gasteiger partial charge in [0.25, 0.3) is 0 Å². The van der Waals surface area contributed by atoms with Crippen molar-refractivity contribution in [3.63, 3.8) is 0 Å². The van der Waals surface area contributed by atoms with Crippen LogP contribution in [0.1, 0.15) is 0 Å². The van der Waals surface area contributed by atoms with Gasteiger partial charge in [-0.05, 0) is 42.5 Å². The lowest BCUT2D eigenvalue weighted by atomic mass is 10.1. The van der Waals surface area contributed by atoms with Crippen molar-refractivity contribution in [3.8, 4) is 39.9 Å². The van der Waals surface area contributed by atoms with Gasteiger partial charge in [0.15, 0.2) is 23.1 Å². The van der Waals surface area contributed by atoms with Crippen LogP contribution in [0.5, 0.6) is 0 Å². The fraction of sp³-hybridized carbons (Fsp3) is 0. The van der Waals surface area contributed by atoms with Crippen LogP contribution in [0.4, 0.5) is 0 Å². The minimum Gasteiger partial charge on any atom is -0.456 e. The third-order valence-electron chi connectivity index (χ3n) is 9.87. The highest BCUT2D eigenvalue weighted by molar-refractivity contribution is 6.14. The molecule has 0 bridgehead atoms. The smallest absolute Gasteiger partial charge is 0.164 e. The molecule has 0 N–H and O–H groups in total. The molecule has 0 radical (unpaired) electrons. The Morgan fingerprint density at radius 1 is 0.392 bits per heavy atom. The first kappa shape index (κ1) is 27.9. The van der Waals surface area contributed by atoms with Crippen molar-refractivity contribution in [2.24, 2.45) is 0 Å². The summed E-state index contributed by atoms with van der Waals surface area (Å²) in [5.41, 5.74) is 9.12. The summed E-state index contributed by atoms with van der Waals surface area (Å²) >= 11 is 0. The molecule has 0 aliphatic carbocycles. The van der Waals surface area contributed by atoms with E-state index in [1.54, 1.807) is 0 Å². The van der Waals surface area contributed by atoms with Crippen molar-refractivity contribution in [2.75, 3.05) is 0 Å².